The summed E-state index contributed by atoms with van der Waals surface area (Å²) in [5.41, 5.74) is -0.0715. The van der Waals surface area contributed by atoms with Gasteiger partial charge in [-0.15, -0.1) is 0 Å². The predicted octanol–water partition coefficient (Wildman–Crippen LogP) is 2.42. The van der Waals surface area contributed by atoms with Gasteiger partial charge in [0.15, 0.2) is 0 Å². The highest BCUT2D eigenvalue weighted by molar-refractivity contribution is 6.01. The highest BCUT2D eigenvalue weighted by Crippen LogP contribution is 2.27. The molecule has 1 aliphatic rings. The second-order valence-corrected chi connectivity index (χ2v) is 5.89. The van der Waals surface area contributed by atoms with Crippen molar-refractivity contribution in [3.05, 3.63) is 48.0 Å². The quantitative estimate of drug-likeness (QED) is 0.908. The lowest BCUT2D eigenvalue weighted by atomic mass is 10.0. The number of hydrogen-bond donors (Lipinski definition) is 1. The van der Waals surface area contributed by atoms with Crippen molar-refractivity contribution in [1.82, 2.24) is 4.90 Å². The summed E-state index contributed by atoms with van der Waals surface area (Å²) in [6, 6.07) is 8.14. The molecule has 1 N–H and O–H groups in total. The zero-order valence-electron chi connectivity index (χ0n) is 12.3. The third-order valence-corrected chi connectivity index (χ3v) is 3.03. The first kappa shape index (κ1) is 15.3. The largest absolute Gasteiger partial charge is 0.443 e. The summed E-state index contributed by atoms with van der Waals surface area (Å²) in [7, 11) is 0. The number of nitrogens with zero attached hydrogens (tertiary/aromatic N) is 1. The Kier molecular flexibility index (Phi) is 4.14. The Balaban J connectivity index is 2.20. The Bertz CT molecular complexity index is 559. The van der Waals surface area contributed by atoms with Crippen LogP contribution in [0.15, 0.2) is 42.5 Å². The maximum Gasteiger partial charge on any atom is 0.417 e. The van der Waals surface area contributed by atoms with Gasteiger partial charge in [0.25, 0.3) is 5.91 Å². The van der Waals surface area contributed by atoms with Crippen LogP contribution in [0.2, 0.25) is 0 Å². The van der Waals surface area contributed by atoms with Gasteiger partial charge in [0, 0.05) is 6.08 Å². The fourth-order valence-corrected chi connectivity index (χ4v) is 2.11. The first-order valence-electron chi connectivity index (χ1n) is 6.77. The smallest absolute Gasteiger partial charge is 0.417 e. The second kappa shape index (κ2) is 5.69. The van der Waals surface area contributed by atoms with Crippen LogP contribution in [0.3, 0.4) is 0 Å². The number of carbonyl (C=O) groups is 2. The molecular formula is C16H19NO4. The lowest BCUT2D eigenvalue weighted by Crippen LogP contribution is -2.45. The normalized spacial score (nSPS) is 19.7. The summed E-state index contributed by atoms with van der Waals surface area (Å²) < 4.78 is 5.22. The molecule has 2 amide bonds. The van der Waals surface area contributed by atoms with Crippen LogP contribution in [-0.4, -0.2) is 33.6 Å². The van der Waals surface area contributed by atoms with E-state index in [1.54, 1.807) is 45.0 Å². The molecule has 2 atom stereocenters. The molecule has 1 heterocycles. The van der Waals surface area contributed by atoms with Gasteiger partial charge in [-0.3, -0.25) is 4.79 Å². The van der Waals surface area contributed by atoms with E-state index in [4.69, 9.17) is 4.74 Å². The summed E-state index contributed by atoms with van der Waals surface area (Å²) in [4.78, 5) is 25.0. The highest BCUT2D eigenvalue weighted by atomic mass is 16.6. The van der Waals surface area contributed by atoms with Crippen molar-refractivity contribution in [2.45, 2.75) is 38.5 Å². The number of amides is 2. The van der Waals surface area contributed by atoms with Gasteiger partial charge in [-0.1, -0.05) is 36.4 Å². The molecule has 21 heavy (non-hydrogen) atoms. The molecule has 0 aromatic heterocycles. The van der Waals surface area contributed by atoms with Gasteiger partial charge < -0.3 is 9.84 Å². The van der Waals surface area contributed by atoms with E-state index >= 15 is 0 Å². The Morgan fingerprint density at radius 2 is 1.90 bits per heavy atom. The van der Waals surface area contributed by atoms with Crippen LogP contribution in [0, 0.1) is 0 Å². The van der Waals surface area contributed by atoms with Crippen LogP contribution in [-0.2, 0) is 9.53 Å². The molecule has 0 bridgehead atoms. The minimum absolute atomic E-state index is 0.482. The minimum Gasteiger partial charge on any atom is -0.443 e. The van der Waals surface area contributed by atoms with Gasteiger partial charge in [0.1, 0.15) is 11.7 Å². The van der Waals surface area contributed by atoms with Gasteiger partial charge >= 0.3 is 6.09 Å². The lowest BCUT2D eigenvalue weighted by Gasteiger charge is -2.29. The van der Waals surface area contributed by atoms with Crippen LogP contribution in [0.5, 0.6) is 0 Å². The van der Waals surface area contributed by atoms with Gasteiger partial charge in [-0.25, -0.2) is 9.69 Å². The fourth-order valence-electron chi connectivity index (χ4n) is 2.11. The van der Waals surface area contributed by atoms with Crippen LogP contribution in [0.25, 0.3) is 0 Å². The molecule has 0 spiro atoms. The molecule has 0 saturated carbocycles. The van der Waals surface area contributed by atoms with Crippen LogP contribution in [0.4, 0.5) is 4.79 Å². The van der Waals surface area contributed by atoms with E-state index in [0.29, 0.717) is 5.56 Å². The molecule has 5 heteroatoms. The molecule has 0 aliphatic carbocycles. The molecule has 5 nitrogen and oxygen atoms in total. The van der Waals surface area contributed by atoms with Crippen molar-refractivity contribution in [1.29, 1.82) is 0 Å². The zero-order chi connectivity index (χ0) is 15.6. The van der Waals surface area contributed by atoms with Crippen molar-refractivity contribution in [2.75, 3.05) is 0 Å². The number of benzene rings is 1. The van der Waals surface area contributed by atoms with Crippen molar-refractivity contribution < 1.29 is 19.4 Å². The predicted molar refractivity (Wildman–Crippen MR) is 77.4 cm³/mol. The molecule has 0 saturated heterocycles. The molecule has 0 fully saturated rings. The van der Waals surface area contributed by atoms with E-state index in [-0.39, 0.29) is 0 Å². The van der Waals surface area contributed by atoms with E-state index < -0.39 is 29.7 Å². The Labute approximate surface area is 123 Å². The molecule has 0 unspecified atom stereocenters. The summed E-state index contributed by atoms with van der Waals surface area (Å²) >= 11 is 0. The standard InChI is InChI=1S/C16H19NO4/c1-16(2,3)21-15(20)17-12(9-10-13(17)18)14(19)11-7-5-4-6-8-11/h4-10,12,14,19H,1-3H3/t12-,14-/m0/s1. The van der Waals surface area contributed by atoms with E-state index in [2.05, 4.69) is 0 Å². The fraction of sp³-hybridized carbons (Fsp3) is 0.375. The van der Waals surface area contributed by atoms with E-state index in [0.717, 1.165) is 4.90 Å². The summed E-state index contributed by atoms with van der Waals surface area (Å²) in [6.07, 6.45) is 1.06. The SMILES string of the molecule is CC(C)(C)OC(=O)N1C(=O)C=C[C@H]1[C@@H](O)c1ccccc1. The molecule has 1 aliphatic heterocycles. The molecule has 1 aromatic carbocycles. The van der Waals surface area contributed by atoms with E-state index in [1.807, 2.05) is 6.07 Å². The average Bonchev–Trinajstić information content (AvgIpc) is 2.79. The first-order valence-corrected chi connectivity index (χ1v) is 6.77. The van der Waals surface area contributed by atoms with Crippen LogP contribution >= 0.6 is 0 Å². The Morgan fingerprint density at radius 1 is 1.29 bits per heavy atom. The number of rotatable bonds is 2. The van der Waals surface area contributed by atoms with Gasteiger partial charge in [-0.05, 0) is 26.3 Å². The second-order valence-electron chi connectivity index (χ2n) is 5.89. The highest BCUT2D eigenvalue weighted by Gasteiger charge is 2.39. The van der Waals surface area contributed by atoms with Crippen LogP contribution in [0.1, 0.15) is 32.4 Å². The summed E-state index contributed by atoms with van der Waals surface area (Å²) in [5.74, 6) is -0.482. The van der Waals surface area contributed by atoms with E-state index in [1.165, 1.54) is 12.2 Å². The zero-order valence-corrected chi connectivity index (χ0v) is 12.3. The van der Waals surface area contributed by atoms with E-state index in [9.17, 15) is 14.7 Å². The van der Waals surface area contributed by atoms with Gasteiger partial charge in [0.05, 0.1) is 6.04 Å². The van der Waals surface area contributed by atoms with Crippen molar-refractivity contribution in [3.8, 4) is 0 Å². The Morgan fingerprint density at radius 3 is 2.48 bits per heavy atom. The van der Waals surface area contributed by atoms with Gasteiger partial charge in [-0.2, -0.15) is 0 Å². The van der Waals surface area contributed by atoms with Gasteiger partial charge in [0.2, 0.25) is 0 Å². The third kappa shape index (κ3) is 3.49. The number of carbonyl (C=O) groups excluding carboxylic acids is 2. The Hall–Kier alpha value is -2.14. The number of aliphatic hydroxyl groups is 1. The molecular weight excluding hydrogens is 270 g/mol. The monoisotopic (exact) mass is 289 g/mol. The van der Waals surface area contributed by atoms with Crippen molar-refractivity contribution in [2.24, 2.45) is 0 Å². The minimum atomic E-state index is -0.985. The van der Waals surface area contributed by atoms with Crippen molar-refractivity contribution in [3.63, 3.8) is 0 Å². The number of imide groups is 1. The first-order chi connectivity index (χ1) is 9.79. The summed E-state index contributed by atoms with van der Waals surface area (Å²) in [5, 5.41) is 10.4. The maximum absolute atomic E-state index is 12.1. The topological polar surface area (TPSA) is 66.8 Å². The van der Waals surface area contributed by atoms with Crippen LogP contribution < -0.4 is 0 Å². The number of hydrogen-bond acceptors (Lipinski definition) is 4. The third-order valence-electron chi connectivity index (χ3n) is 3.03. The molecule has 112 valence electrons. The molecule has 2 rings (SSSR count). The maximum atomic E-state index is 12.1. The molecule has 0 radical (unpaired) electrons. The number of aliphatic hydroxyl groups excluding tert-OH is 1. The summed E-state index contributed by atoms with van der Waals surface area (Å²) in [6.45, 7) is 5.17. The average molecular weight is 289 g/mol. The lowest BCUT2D eigenvalue weighted by molar-refractivity contribution is -0.126. The van der Waals surface area contributed by atoms with Crippen molar-refractivity contribution >= 4 is 12.0 Å². The molecule has 1 aromatic rings. The number of ether oxygens (including phenoxy) is 1.